The van der Waals surface area contributed by atoms with Crippen LogP contribution in [0.5, 0.6) is 0 Å². The molecule has 1 rings (SSSR count). The first-order valence-corrected chi connectivity index (χ1v) is 6.55. The molecule has 0 bridgehead atoms. The summed E-state index contributed by atoms with van der Waals surface area (Å²) in [7, 11) is 0. The van der Waals surface area contributed by atoms with Crippen molar-refractivity contribution in [1.82, 2.24) is 4.90 Å². The number of nitriles is 1. The predicted octanol–water partition coefficient (Wildman–Crippen LogP) is 1.46. The summed E-state index contributed by atoms with van der Waals surface area (Å²) in [5.74, 6) is -1.39. The summed E-state index contributed by atoms with van der Waals surface area (Å²) < 4.78 is 0. The van der Waals surface area contributed by atoms with E-state index in [1.165, 1.54) is 0 Å². The monoisotopic (exact) mass is 276 g/mol. The molecule has 0 saturated heterocycles. The van der Waals surface area contributed by atoms with Crippen LogP contribution in [0.1, 0.15) is 25.0 Å². The SMILES string of the molecule is CC(O)CN(Cc1ccccc1C#N)CC(C)C(=O)O. The average Bonchev–Trinajstić information content (AvgIpc) is 2.38. The normalized spacial score (nSPS) is 13.8. The highest BCUT2D eigenvalue weighted by Crippen LogP contribution is 2.13. The lowest BCUT2D eigenvalue weighted by Gasteiger charge is -2.25. The summed E-state index contributed by atoms with van der Waals surface area (Å²) in [6.45, 7) is 4.45. The van der Waals surface area contributed by atoms with Crippen LogP contribution in [0.3, 0.4) is 0 Å². The van der Waals surface area contributed by atoms with E-state index in [4.69, 9.17) is 10.4 Å². The van der Waals surface area contributed by atoms with Gasteiger partial charge in [-0.2, -0.15) is 5.26 Å². The highest BCUT2D eigenvalue weighted by Gasteiger charge is 2.18. The van der Waals surface area contributed by atoms with Crippen molar-refractivity contribution < 1.29 is 15.0 Å². The van der Waals surface area contributed by atoms with Gasteiger partial charge in [-0.1, -0.05) is 25.1 Å². The zero-order chi connectivity index (χ0) is 15.1. The Balaban J connectivity index is 2.84. The molecule has 2 unspecified atom stereocenters. The molecule has 0 aliphatic heterocycles. The molecule has 0 aromatic heterocycles. The van der Waals surface area contributed by atoms with Gasteiger partial charge < -0.3 is 10.2 Å². The van der Waals surface area contributed by atoms with Crippen LogP contribution in [0.15, 0.2) is 24.3 Å². The van der Waals surface area contributed by atoms with Crippen molar-refractivity contribution in [2.75, 3.05) is 13.1 Å². The van der Waals surface area contributed by atoms with E-state index >= 15 is 0 Å². The van der Waals surface area contributed by atoms with Crippen molar-refractivity contribution in [3.05, 3.63) is 35.4 Å². The van der Waals surface area contributed by atoms with Gasteiger partial charge in [0.05, 0.1) is 23.7 Å². The number of carboxylic acids is 1. The highest BCUT2D eigenvalue weighted by molar-refractivity contribution is 5.69. The van der Waals surface area contributed by atoms with Crippen molar-refractivity contribution in [2.45, 2.75) is 26.5 Å². The fraction of sp³-hybridized carbons (Fsp3) is 0.467. The minimum Gasteiger partial charge on any atom is -0.481 e. The molecule has 20 heavy (non-hydrogen) atoms. The van der Waals surface area contributed by atoms with Crippen molar-refractivity contribution >= 4 is 5.97 Å². The molecule has 0 aliphatic carbocycles. The largest absolute Gasteiger partial charge is 0.481 e. The maximum absolute atomic E-state index is 11.0. The van der Waals surface area contributed by atoms with Gasteiger partial charge >= 0.3 is 5.97 Å². The second kappa shape index (κ2) is 7.63. The number of hydrogen-bond donors (Lipinski definition) is 2. The van der Waals surface area contributed by atoms with Gasteiger partial charge in [0.25, 0.3) is 0 Å². The highest BCUT2D eigenvalue weighted by atomic mass is 16.4. The summed E-state index contributed by atoms with van der Waals surface area (Å²) in [6, 6.07) is 9.34. The van der Waals surface area contributed by atoms with Gasteiger partial charge in [0.15, 0.2) is 0 Å². The summed E-state index contributed by atoms with van der Waals surface area (Å²) in [6.07, 6.45) is -0.551. The van der Waals surface area contributed by atoms with E-state index < -0.39 is 18.0 Å². The molecule has 0 amide bonds. The van der Waals surface area contributed by atoms with E-state index in [1.54, 1.807) is 26.0 Å². The molecule has 2 atom stereocenters. The molecule has 5 nitrogen and oxygen atoms in total. The summed E-state index contributed by atoms with van der Waals surface area (Å²) >= 11 is 0. The molecular weight excluding hydrogens is 256 g/mol. The first-order chi connectivity index (χ1) is 9.43. The van der Waals surface area contributed by atoms with Gasteiger partial charge in [-0.05, 0) is 18.6 Å². The van der Waals surface area contributed by atoms with Gasteiger partial charge in [0.2, 0.25) is 0 Å². The average molecular weight is 276 g/mol. The van der Waals surface area contributed by atoms with Crippen molar-refractivity contribution in [3.63, 3.8) is 0 Å². The Bertz CT molecular complexity index is 494. The third-order valence-electron chi connectivity index (χ3n) is 3.01. The molecule has 1 aromatic carbocycles. The van der Waals surface area contributed by atoms with Gasteiger partial charge in [0, 0.05) is 19.6 Å². The van der Waals surface area contributed by atoms with Crippen LogP contribution in [0.25, 0.3) is 0 Å². The predicted molar refractivity (Wildman–Crippen MR) is 74.9 cm³/mol. The molecule has 0 radical (unpaired) electrons. The lowest BCUT2D eigenvalue weighted by molar-refractivity contribution is -0.141. The number of carboxylic acid groups (broad SMARTS) is 1. The van der Waals surface area contributed by atoms with E-state index in [-0.39, 0.29) is 0 Å². The first kappa shape index (κ1) is 16.2. The quantitative estimate of drug-likeness (QED) is 0.787. The molecule has 5 heteroatoms. The van der Waals surface area contributed by atoms with Crippen LogP contribution < -0.4 is 0 Å². The van der Waals surface area contributed by atoms with Crippen molar-refractivity contribution in [3.8, 4) is 6.07 Å². The molecule has 0 saturated carbocycles. The lowest BCUT2D eigenvalue weighted by Crippen LogP contribution is -2.36. The van der Waals surface area contributed by atoms with Crippen LogP contribution >= 0.6 is 0 Å². The molecule has 0 fully saturated rings. The molecular formula is C15H20N2O3. The third kappa shape index (κ3) is 5.00. The first-order valence-electron chi connectivity index (χ1n) is 6.55. The van der Waals surface area contributed by atoms with Crippen molar-refractivity contribution in [2.24, 2.45) is 5.92 Å². The van der Waals surface area contributed by atoms with Crippen molar-refractivity contribution in [1.29, 1.82) is 5.26 Å². The van der Waals surface area contributed by atoms with Crippen LogP contribution in [0, 0.1) is 17.2 Å². The van der Waals surface area contributed by atoms with Crippen LogP contribution in [-0.4, -0.2) is 40.3 Å². The second-order valence-corrected chi connectivity index (χ2v) is 5.05. The topological polar surface area (TPSA) is 84.6 Å². The smallest absolute Gasteiger partial charge is 0.307 e. The molecule has 0 heterocycles. The molecule has 108 valence electrons. The summed E-state index contributed by atoms with van der Waals surface area (Å²) in [5.41, 5.74) is 1.42. The number of benzene rings is 1. The standard InChI is InChI=1S/C15H20N2O3/c1-11(15(19)20)8-17(9-12(2)18)10-14-6-4-3-5-13(14)7-16/h3-6,11-12,18H,8-10H2,1-2H3,(H,19,20). The van der Waals surface area contributed by atoms with E-state index in [0.717, 1.165) is 5.56 Å². The maximum Gasteiger partial charge on any atom is 0.307 e. The summed E-state index contributed by atoms with van der Waals surface area (Å²) in [5, 5.41) is 27.6. The van der Waals surface area contributed by atoms with Crippen LogP contribution in [-0.2, 0) is 11.3 Å². The number of aliphatic hydroxyl groups excluding tert-OH is 1. The molecule has 0 aliphatic rings. The Morgan fingerprint density at radius 3 is 2.55 bits per heavy atom. The zero-order valence-electron chi connectivity index (χ0n) is 11.8. The van der Waals surface area contributed by atoms with E-state index in [2.05, 4.69) is 6.07 Å². The number of hydrogen-bond acceptors (Lipinski definition) is 4. The number of nitrogens with zero attached hydrogens (tertiary/aromatic N) is 2. The fourth-order valence-corrected chi connectivity index (χ4v) is 2.05. The van der Waals surface area contributed by atoms with E-state index in [1.807, 2.05) is 17.0 Å². The molecule has 0 spiro atoms. The Morgan fingerprint density at radius 2 is 2.00 bits per heavy atom. The maximum atomic E-state index is 11.0. The molecule has 2 N–H and O–H groups in total. The molecule has 1 aromatic rings. The minimum absolute atomic E-state index is 0.333. The number of aliphatic carboxylic acids is 1. The third-order valence-corrected chi connectivity index (χ3v) is 3.01. The minimum atomic E-state index is -0.867. The fourth-order valence-electron chi connectivity index (χ4n) is 2.05. The van der Waals surface area contributed by atoms with Crippen LogP contribution in [0.2, 0.25) is 0 Å². The lowest BCUT2D eigenvalue weighted by atomic mass is 10.1. The zero-order valence-corrected chi connectivity index (χ0v) is 11.8. The van der Waals surface area contributed by atoms with Gasteiger partial charge in [-0.15, -0.1) is 0 Å². The Labute approximate surface area is 119 Å². The van der Waals surface area contributed by atoms with E-state index in [0.29, 0.717) is 25.2 Å². The number of aliphatic hydroxyl groups is 1. The summed E-state index contributed by atoms with van der Waals surface area (Å²) in [4.78, 5) is 12.8. The second-order valence-electron chi connectivity index (χ2n) is 5.05. The van der Waals surface area contributed by atoms with Gasteiger partial charge in [0.1, 0.15) is 0 Å². The number of carbonyl (C=O) groups is 1. The Kier molecular flexibility index (Phi) is 6.16. The van der Waals surface area contributed by atoms with E-state index in [9.17, 15) is 9.90 Å². The Hall–Kier alpha value is -1.90. The Morgan fingerprint density at radius 1 is 1.35 bits per heavy atom. The van der Waals surface area contributed by atoms with Gasteiger partial charge in [-0.3, -0.25) is 9.69 Å². The van der Waals surface area contributed by atoms with Crippen LogP contribution in [0.4, 0.5) is 0 Å². The number of rotatable bonds is 7. The van der Waals surface area contributed by atoms with Gasteiger partial charge in [-0.25, -0.2) is 0 Å².